The predicted octanol–water partition coefficient (Wildman–Crippen LogP) is 1.83. The van der Waals surface area contributed by atoms with E-state index in [4.69, 9.17) is 15.2 Å². The lowest BCUT2D eigenvalue weighted by Gasteiger charge is -2.17. The molecule has 0 saturated heterocycles. The van der Waals surface area contributed by atoms with Gasteiger partial charge in [0.2, 0.25) is 0 Å². The summed E-state index contributed by atoms with van der Waals surface area (Å²) in [5.41, 5.74) is 6.94. The number of hydrogen-bond acceptors (Lipinski definition) is 3. The lowest BCUT2D eigenvalue weighted by molar-refractivity contribution is 0.354. The number of methoxy groups -OCH3 is 2. The topological polar surface area (TPSA) is 68.9 Å². The van der Waals surface area contributed by atoms with E-state index in [1.54, 1.807) is 14.2 Å². The Morgan fingerprint density at radius 1 is 1.32 bits per heavy atom. The van der Waals surface area contributed by atoms with Crippen molar-refractivity contribution in [3.8, 4) is 11.5 Å². The van der Waals surface area contributed by atoms with E-state index in [2.05, 4.69) is 10.3 Å². The normalized spacial score (nSPS) is 16.9. The molecule has 104 valence electrons. The van der Waals surface area contributed by atoms with Crippen molar-refractivity contribution >= 4 is 5.96 Å². The second-order valence-electron chi connectivity index (χ2n) is 4.73. The number of nitrogens with two attached hydrogens (primary N) is 1. The standard InChI is InChI=1S/C14H21N3O2/c1-9(16-14(15)17-11-5-6-11)10-4-7-12(18-2)13(8-10)19-3/h4,7-9,11H,5-6H2,1-3H3,(H3,15,16,17). The van der Waals surface area contributed by atoms with Crippen molar-refractivity contribution in [2.75, 3.05) is 14.2 Å². The summed E-state index contributed by atoms with van der Waals surface area (Å²) >= 11 is 0. The largest absolute Gasteiger partial charge is 0.493 e. The fourth-order valence-electron chi connectivity index (χ4n) is 1.86. The van der Waals surface area contributed by atoms with Crippen molar-refractivity contribution < 1.29 is 9.47 Å². The highest BCUT2D eigenvalue weighted by molar-refractivity contribution is 5.78. The van der Waals surface area contributed by atoms with Crippen LogP contribution in [0.3, 0.4) is 0 Å². The number of aliphatic imine (C=N–C) groups is 1. The summed E-state index contributed by atoms with van der Waals surface area (Å²) in [6.45, 7) is 2.04. The van der Waals surface area contributed by atoms with E-state index < -0.39 is 0 Å². The molecule has 5 heteroatoms. The molecule has 1 saturated carbocycles. The van der Waals surface area contributed by atoms with Crippen LogP contribution in [0.2, 0.25) is 0 Å². The van der Waals surface area contributed by atoms with Crippen LogP contribution in [-0.2, 0) is 0 Å². The zero-order chi connectivity index (χ0) is 13.8. The number of rotatable bonds is 5. The minimum atomic E-state index is 0.0716. The molecule has 1 aliphatic rings. The van der Waals surface area contributed by atoms with E-state index in [1.807, 2.05) is 25.1 Å². The molecule has 1 aromatic carbocycles. The summed E-state index contributed by atoms with van der Waals surface area (Å²) < 4.78 is 10.5. The monoisotopic (exact) mass is 263 g/mol. The van der Waals surface area contributed by atoms with Gasteiger partial charge in [0.15, 0.2) is 17.5 Å². The first-order valence-electron chi connectivity index (χ1n) is 6.45. The van der Waals surface area contributed by atoms with Crippen molar-refractivity contribution in [3.63, 3.8) is 0 Å². The van der Waals surface area contributed by atoms with Crippen LogP contribution in [0, 0.1) is 0 Å². The maximum absolute atomic E-state index is 5.86. The first kappa shape index (κ1) is 13.5. The molecular formula is C14H21N3O2. The van der Waals surface area contributed by atoms with Crippen molar-refractivity contribution in [1.29, 1.82) is 0 Å². The minimum absolute atomic E-state index is 0.0716. The summed E-state index contributed by atoms with van der Waals surface area (Å²) in [6.07, 6.45) is 2.29. The zero-order valence-corrected chi connectivity index (χ0v) is 11.6. The highest BCUT2D eigenvalue weighted by atomic mass is 16.5. The predicted molar refractivity (Wildman–Crippen MR) is 75.7 cm³/mol. The molecule has 19 heavy (non-hydrogen) atoms. The Hall–Kier alpha value is -1.91. The number of ether oxygens (including phenoxy) is 2. The first-order valence-corrected chi connectivity index (χ1v) is 6.45. The quantitative estimate of drug-likeness (QED) is 0.628. The van der Waals surface area contributed by atoms with Crippen LogP contribution < -0.4 is 20.5 Å². The molecule has 0 bridgehead atoms. The van der Waals surface area contributed by atoms with Gasteiger partial charge in [0.05, 0.1) is 26.3 Å². The molecule has 0 aromatic heterocycles. The molecule has 0 spiro atoms. The lowest BCUT2D eigenvalue weighted by Crippen LogP contribution is -2.34. The van der Waals surface area contributed by atoms with Gasteiger partial charge in [0.25, 0.3) is 0 Å². The molecule has 1 unspecified atom stereocenters. The van der Waals surface area contributed by atoms with Crippen LogP contribution in [0.15, 0.2) is 23.2 Å². The highest BCUT2D eigenvalue weighted by Crippen LogP contribution is 2.30. The Morgan fingerprint density at radius 3 is 2.58 bits per heavy atom. The molecular weight excluding hydrogens is 242 g/mol. The van der Waals surface area contributed by atoms with Crippen LogP contribution in [0.5, 0.6) is 11.5 Å². The SMILES string of the molecule is COc1ccc(C(C)NC(N)=NC2CC2)cc1OC. The van der Waals surface area contributed by atoms with Crippen molar-refractivity contribution in [3.05, 3.63) is 23.8 Å². The maximum atomic E-state index is 5.86. The van der Waals surface area contributed by atoms with Gasteiger partial charge in [-0.3, -0.25) is 4.99 Å². The van der Waals surface area contributed by atoms with E-state index in [1.165, 1.54) is 0 Å². The average Bonchev–Trinajstić information content (AvgIpc) is 3.21. The van der Waals surface area contributed by atoms with Gasteiger partial charge >= 0.3 is 0 Å². The van der Waals surface area contributed by atoms with Gasteiger partial charge in [0, 0.05) is 0 Å². The van der Waals surface area contributed by atoms with Crippen LogP contribution in [0.1, 0.15) is 31.4 Å². The van der Waals surface area contributed by atoms with E-state index in [-0.39, 0.29) is 6.04 Å². The maximum Gasteiger partial charge on any atom is 0.189 e. The molecule has 0 radical (unpaired) electrons. The Bertz CT molecular complexity index is 470. The smallest absolute Gasteiger partial charge is 0.189 e. The number of nitrogens with one attached hydrogen (secondary N) is 1. The number of guanidine groups is 1. The third kappa shape index (κ3) is 3.53. The molecule has 5 nitrogen and oxygen atoms in total. The fourth-order valence-corrected chi connectivity index (χ4v) is 1.86. The van der Waals surface area contributed by atoms with Gasteiger partial charge in [-0.15, -0.1) is 0 Å². The summed E-state index contributed by atoms with van der Waals surface area (Å²) in [5.74, 6) is 1.94. The summed E-state index contributed by atoms with van der Waals surface area (Å²) in [4.78, 5) is 4.36. The molecule has 1 atom stereocenters. The number of nitrogens with zero attached hydrogens (tertiary/aromatic N) is 1. The Balaban J connectivity index is 2.07. The van der Waals surface area contributed by atoms with Crippen molar-refractivity contribution in [1.82, 2.24) is 5.32 Å². The van der Waals surface area contributed by atoms with Crippen LogP contribution in [0.4, 0.5) is 0 Å². The minimum Gasteiger partial charge on any atom is -0.493 e. The van der Waals surface area contributed by atoms with E-state index >= 15 is 0 Å². The number of hydrogen-bond donors (Lipinski definition) is 2. The Kier molecular flexibility index (Phi) is 4.14. The second-order valence-corrected chi connectivity index (χ2v) is 4.73. The van der Waals surface area contributed by atoms with E-state index in [0.717, 1.165) is 24.2 Å². The van der Waals surface area contributed by atoms with E-state index in [0.29, 0.717) is 17.8 Å². The fraction of sp³-hybridized carbons (Fsp3) is 0.500. The Labute approximate surface area is 113 Å². The average molecular weight is 263 g/mol. The molecule has 1 fully saturated rings. The van der Waals surface area contributed by atoms with Gasteiger partial charge in [-0.25, -0.2) is 0 Å². The first-order chi connectivity index (χ1) is 9.13. The zero-order valence-electron chi connectivity index (χ0n) is 11.6. The van der Waals surface area contributed by atoms with Crippen molar-refractivity contribution in [2.45, 2.75) is 31.8 Å². The molecule has 0 amide bonds. The van der Waals surface area contributed by atoms with Gasteiger partial charge < -0.3 is 20.5 Å². The third-order valence-corrected chi connectivity index (χ3v) is 3.14. The number of benzene rings is 1. The van der Waals surface area contributed by atoms with E-state index in [9.17, 15) is 0 Å². The highest BCUT2D eigenvalue weighted by Gasteiger charge is 2.21. The lowest BCUT2D eigenvalue weighted by atomic mass is 10.1. The molecule has 0 aliphatic heterocycles. The van der Waals surface area contributed by atoms with Gasteiger partial charge in [0.1, 0.15) is 0 Å². The van der Waals surface area contributed by atoms with Crippen LogP contribution >= 0.6 is 0 Å². The van der Waals surface area contributed by atoms with Crippen molar-refractivity contribution in [2.24, 2.45) is 10.7 Å². The van der Waals surface area contributed by atoms with Crippen LogP contribution in [0.25, 0.3) is 0 Å². The third-order valence-electron chi connectivity index (χ3n) is 3.14. The summed E-state index contributed by atoms with van der Waals surface area (Å²) in [6, 6.07) is 6.32. The molecule has 0 heterocycles. The summed E-state index contributed by atoms with van der Waals surface area (Å²) in [7, 11) is 3.25. The van der Waals surface area contributed by atoms with Gasteiger partial charge in [-0.2, -0.15) is 0 Å². The van der Waals surface area contributed by atoms with Crippen LogP contribution in [-0.4, -0.2) is 26.2 Å². The molecule has 2 rings (SSSR count). The molecule has 3 N–H and O–H groups in total. The molecule has 1 aliphatic carbocycles. The van der Waals surface area contributed by atoms with Gasteiger partial charge in [-0.1, -0.05) is 6.07 Å². The van der Waals surface area contributed by atoms with Gasteiger partial charge in [-0.05, 0) is 37.5 Å². The molecule has 1 aromatic rings. The summed E-state index contributed by atoms with van der Waals surface area (Å²) in [5, 5.41) is 3.19. The Morgan fingerprint density at radius 2 is 2.00 bits per heavy atom. The second kappa shape index (κ2) is 5.82.